The highest BCUT2D eigenvalue weighted by Gasteiger charge is 2.17. The van der Waals surface area contributed by atoms with Crippen LogP contribution in [0.5, 0.6) is 0 Å². The van der Waals surface area contributed by atoms with Gasteiger partial charge in [0.1, 0.15) is 5.69 Å². The van der Waals surface area contributed by atoms with Crippen LogP contribution < -0.4 is 21.9 Å². The smallest absolute Gasteiger partial charge is 0.325 e. The topological polar surface area (TPSA) is 144 Å². The highest BCUT2D eigenvalue weighted by molar-refractivity contribution is 6.39. The summed E-state index contributed by atoms with van der Waals surface area (Å²) in [6, 6.07) is 8.60. The van der Waals surface area contributed by atoms with E-state index in [0.717, 1.165) is 6.20 Å². The number of carbonyl (C=O) groups excluding carboxylic acids is 2. The Hall–Kier alpha value is -3.20. The number of hydrogen-bond acceptors (Lipinski definition) is 5. The average Bonchev–Trinajstić information content (AvgIpc) is 2.55. The van der Waals surface area contributed by atoms with Crippen molar-refractivity contribution >= 4 is 17.5 Å². The molecular weight excluding hydrogens is 304 g/mol. The standard InChI is InChI=1S/C14H14N4O5/c19-10(8-4-2-1-3-5-8)7-15-12(21)13(22)17-9-6-16-14(23)18-11(9)20/h1-6,10,19H,7H2,(H,15,21)(H,17,22)(H2,16,18,20,23)/t10-/m0/s1. The quantitative estimate of drug-likeness (QED) is 0.452. The maximum Gasteiger partial charge on any atom is 0.325 e. The summed E-state index contributed by atoms with van der Waals surface area (Å²) in [7, 11) is 0. The van der Waals surface area contributed by atoms with E-state index in [1.54, 1.807) is 30.3 Å². The summed E-state index contributed by atoms with van der Waals surface area (Å²) in [5.41, 5.74) is -1.25. The minimum atomic E-state index is -1.09. The molecule has 0 spiro atoms. The van der Waals surface area contributed by atoms with Crippen molar-refractivity contribution in [2.24, 2.45) is 0 Å². The Morgan fingerprint density at radius 3 is 2.48 bits per heavy atom. The fourth-order valence-corrected chi connectivity index (χ4v) is 1.74. The summed E-state index contributed by atoms with van der Waals surface area (Å²) >= 11 is 0. The Kier molecular flexibility index (Phi) is 5.05. The first-order valence-electron chi connectivity index (χ1n) is 6.61. The summed E-state index contributed by atoms with van der Waals surface area (Å²) in [5.74, 6) is -2.12. The zero-order chi connectivity index (χ0) is 16.8. The molecule has 2 rings (SSSR count). The van der Waals surface area contributed by atoms with Gasteiger partial charge < -0.3 is 20.7 Å². The lowest BCUT2D eigenvalue weighted by Gasteiger charge is -2.11. The number of carbonyl (C=O) groups is 2. The number of benzene rings is 1. The van der Waals surface area contributed by atoms with Crippen molar-refractivity contribution in [1.82, 2.24) is 15.3 Å². The number of amides is 2. The van der Waals surface area contributed by atoms with Crippen molar-refractivity contribution in [3.8, 4) is 0 Å². The summed E-state index contributed by atoms with van der Waals surface area (Å²) in [4.78, 5) is 49.6. The lowest BCUT2D eigenvalue weighted by atomic mass is 10.1. The maximum atomic E-state index is 11.6. The van der Waals surface area contributed by atoms with E-state index < -0.39 is 29.2 Å². The predicted octanol–water partition coefficient (Wildman–Crippen LogP) is -1.15. The van der Waals surface area contributed by atoms with Crippen LogP contribution in [0.3, 0.4) is 0 Å². The van der Waals surface area contributed by atoms with Crippen LogP contribution in [0.1, 0.15) is 11.7 Å². The molecule has 1 heterocycles. The van der Waals surface area contributed by atoms with Gasteiger partial charge in [0.05, 0.1) is 6.10 Å². The number of aromatic nitrogens is 2. The molecule has 0 fully saturated rings. The highest BCUT2D eigenvalue weighted by Crippen LogP contribution is 2.10. The van der Waals surface area contributed by atoms with Crippen LogP contribution in [0.15, 0.2) is 46.1 Å². The molecule has 1 aromatic carbocycles. The molecule has 0 radical (unpaired) electrons. The van der Waals surface area contributed by atoms with Crippen LogP contribution in [-0.4, -0.2) is 33.4 Å². The molecular formula is C14H14N4O5. The average molecular weight is 318 g/mol. The second-order valence-electron chi connectivity index (χ2n) is 4.58. The predicted molar refractivity (Wildman–Crippen MR) is 80.7 cm³/mol. The lowest BCUT2D eigenvalue weighted by molar-refractivity contribution is -0.136. The molecule has 0 aliphatic heterocycles. The van der Waals surface area contributed by atoms with Crippen molar-refractivity contribution in [3.63, 3.8) is 0 Å². The monoisotopic (exact) mass is 318 g/mol. The molecule has 120 valence electrons. The number of aliphatic hydroxyl groups excluding tert-OH is 1. The lowest BCUT2D eigenvalue weighted by Crippen LogP contribution is -2.39. The fraction of sp³-hybridized carbons (Fsp3) is 0.143. The zero-order valence-electron chi connectivity index (χ0n) is 11.8. The number of H-pyrrole nitrogens is 2. The van der Waals surface area contributed by atoms with Crippen molar-refractivity contribution in [3.05, 3.63) is 62.9 Å². The van der Waals surface area contributed by atoms with Gasteiger partial charge in [0, 0.05) is 12.7 Å². The van der Waals surface area contributed by atoms with Gasteiger partial charge in [0.15, 0.2) is 0 Å². The van der Waals surface area contributed by atoms with Gasteiger partial charge in [-0.1, -0.05) is 30.3 Å². The minimum absolute atomic E-state index is 0.168. The molecule has 0 saturated heterocycles. The zero-order valence-corrected chi connectivity index (χ0v) is 11.8. The molecule has 1 aromatic heterocycles. The summed E-state index contributed by atoms with van der Waals surface area (Å²) in [6.07, 6.45) is 0.00923. The van der Waals surface area contributed by atoms with E-state index in [1.807, 2.05) is 4.98 Å². The fourth-order valence-electron chi connectivity index (χ4n) is 1.74. The Morgan fingerprint density at radius 2 is 1.83 bits per heavy atom. The minimum Gasteiger partial charge on any atom is -0.387 e. The van der Waals surface area contributed by atoms with E-state index in [9.17, 15) is 24.3 Å². The third-order valence-corrected chi connectivity index (χ3v) is 2.91. The number of aliphatic hydroxyl groups is 1. The van der Waals surface area contributed by atoms with Crippen LogP contribution >= 0.6 is 0 Å². The van der Waals surface area contributed by atoms with Gasteiger partial charge in [-0.3, -0.25) is 19.4 Å². The molecule has 2 amide bonds. The van der Waals surface area contributed by atoms with Gasteiger partial charge in [-0.15, -0.1) is 0 Å². The molecule has 0 aliphatic carbocycles. The van der Waals surface area contributed by atoms with Gasteiger partial charge >= 0.3 is 17.5 Å². The van der Waals surface area contributed by atoms with Crippen molar-refractivity contribution < 1.29 is 14.7 Å². The van der Waals surface area contributed by atoms with Gasteiger partial charge in [-0.2, -0.15) is 0 Å². The summed E-state index contributed by atoms with van der Waals surface area (Å²) in [6.45, 7) is -0.168. The molecule has 2 aromatic rings. The third-order valence-electron chi connectivity index (χ3n) is 2.91. The molecule has 0 saturated carbocycles. The molecule has 0 bridgehead atoms. The first-order chi connectivity index (χ1) is 11.0. The van der Waals surface area contributed by atoms with Crippen LogP contribution in [0.2, 0.25) is 0 Å². The Balaban J connectivity index is 1.91. The number of rotatable bonds is 4. The molecule has 23 heavy (non-hydrogen) atoms. The molecule has 0 aliphatic rings. The second-order valence-corrected chi connectivity index (χ2v) is 4.58. The van der Waals surface area contributed by atoms with Crippen molar-refractivity contribution in [2.45, 2.75) is 6.10 Å². The number of anilines is 1. The van der Waals surface area contributed by atoms with Crippen molar-refractivity contribution in [1.29, 1.82) is 0 Å². The van der Waals surface area contributed by atoms with E-state index in [4.69, 9.17) is 0 Å². The van der Waals surface area contributed by atoms with Gasteiger partial charge in [0.2, 0.25) is 0 Å². The largest absolute Gasteiger partial charge is 0.387 e. The molecule has 0 unspecified atom stereocenters. The van der Waals surface area contributed by atoms with E-state index in [0.29, 0.717) is 5.56 Å². The summed E-state index contributed by atoms with van der Waals surface area (Å²) in [5, 5.41) is 14.2. The van der Waals surface area contributed by atoms with Crippen LogP contribution in [0.4, 0.5) is 5.69 Å². The first kappa shape index (κ1) is 16.2. The Bertz CT molecular complexity index is 812. The Labute approximate surface area is 129 Å². The van der Waals surface area contributed by atoms with Crippen LogP contribution in [0, 0.1) is 0 Å². The van der Waals surface area contributed by atoms with Crippen LogP contribution in [0.25, 0.3) is 0 Å². The second kappa shape index (κ2) is 7.18. The van der Waals surface area contributed by atoms with E-state index in [1.165, 1.54) is 0 Å². The van der Waals surface area contributed by atoms with Crippen molar-refractivity contribution in [2.75, 3.05) is 11.9 Å². The SMILES string of the molecule is O=C(NC[C@H](O)c1ccccc1)C(=O)Nc1c[nH]c(=O)[nH]c1=O. The molecule has 9 heteroatoms. The van der Waals surface area contributed by atoms with Crippen LogP contribution in [-0.2, 0) is 9.59 Å². The number of hydrogen-bond donors (Lipinski definition) is 5. The van der Waals surface area contributed by atoms with Gasteiger partial charge in [-0.25, -0.2) is 4.79 Å². The van der Waals surface area contributed by atoms with Gasteiger partial charge in [-0.05, 0) is 5.56 Å². The summed E-state index contributed by atoms with van der Waals surface area (Å²) < 4.78 is 0. The first-order valence-corrected chi connectivity index (χ1v) is 6.61. The third kappa shape index (κ3) is 4.38. The van der Waals surface area contributed by atoms with E-state index in [-0.39, 0.29) is 12.2 Å². The number of nitrogens with one attached hydrogen (secondary N) is 4. The number of aromatic amines is 2. The van der Waals surface area contributed by atoms with E-state index >= 15 is 0 Å². The normalized spacial score (nSPS) is 11.5. The Morgan fingerprint density at radius 1 is 1.13 bits per heavy atom. The molecule has 9 nitrogen and oxygen atoms in total. The van der Waals surface area contributed by atoms with Gasteiger partial charge in [0.25, 0.3) is 5.56 Å². The molecule has 5 N–H and O–H groups in total. The maximum absolute atomic E-state index is 11.6. The van der Waals surface area contributed by atoms with E-state index in [2.05, 4.69) is 15.6 Å². The highest BCUT2D eigenvalue weighted by atomic mass is 16.3. The molecule has 1 atom stereocenters.